The lowest BCUT2D eigenvalue weighted by Gasteiger charge is -2.23. The maximum Gasteiger partial charge on any atom is 0.357 e. The van der Waals surface area contributed by atoms with Crippen LogP contribution in [0.3, 0.4) is 0 Å². The van der Waals surface area contributed by atoms with Crippen LogP contribution in [-0.2, 0) is 14.3 Å². The number of carbonyl (C=O) groups is 3. The summed E-state index contributed by atoms with van der Waals surface area (Å²) in [5, 5.41) is -0.329. The number of ether oxygens (including phenoxy) is 2. The molecule has 10 heteroatoms. The molecule has 0 amide bonds. The van der Waals surface area contributed by atoms with Crippen LogP contribution >= 0.6 is 11.8 Å². The minimum atomic E-state index is -0.841. The Morgan fingerprint density at radius 2 is 1.91 bits per heavy atom. The van der Waals surface area contributed by atoms with Gasteiger partial charge in [-0.25, -0.2) is 9.59 Å². The number of thioether (sulfide) groups is 1. The van der Waals surface area contributed by atoms with Gasteiger partial charge in [-0.2, -0.15) is 0 Å². The molecule has 4 heterocycles. The van der Waals surface area contributed by atoms with Crippen molar-refractivity contribution in [2.75, 3.05) is 19.5 Å². The van der Waals surface area contributed by atoms with Crippen LogP contribution in [0.15, 0.2) is 49.1 Å². The molecule has 0 aliphatic carbocycles. The summed E-state index contributed by atoms with van der Waals surface area (Å²) in [6.07, 6.45) is 8.00. The third-order valence-corrected chi connectivity index (χ3v) is 6.27. The summed E-state index contributed by atoms with van der Waals surface area (Å²) in [5.74, 6) is -1.87. The topological polar surface area (TPSA) is 126 Å². The fourth-order valence-electron chi connectivity index (χ4n) is 3.55. The number of nitrogens with zero attached hydrogens (tertiary/aromatic N) is 3. The molecule has 9 nitrogen and oxygen atoms in total. The summed E-state index contributed by atoms with van der Waals surface area (Å²) in [6, 6.07) is 6.94. The molecule has 0 spiro atoms. The van der Waals surface area contributed by atoms with Gasteiger partial charge in [-0.3, -0.25) is 19.3 Å². The summed E-state index contributed by atoms with van der Waals surface area (Å²) in [4.78, 5) is 47.7. The average Bonchev–Trinajstić information content (AvgIpc) is 3.13. The molecule has 1 unspecified atom stereocenters. The highest BCUT2D eigenvalue weighted by atomic mass is 32.2. The molecule has 3 aromatic heterocycles. The Hall–Kier alpha value is -3.92. The monoisotopic (exact) mass is 464 g/mol. The predicted octanol–water partition coefficient (Wildman–Crippen LogP) is 1.28. The summed E-state index contributed by atoms with van der Waals surface area (Å²) < 4.78 is 11.4. The van der Waals surface area contributed by atoms with E-state index in [1.54, 1.807) is 55.9 Å². The molecule has 0 radical (unpaired) electrons. The van der Waals surface area contributed by atoms with Crippen molar-refractivity contribution in [3.05, 3.63) is 76.4 Å². The Bertz CT molecular complexity index is 1350. The molecule has 1 aliphatic rings. The standard InChI is InChI=1S/C23H20N4O5S/c1-3-32-22(29)18-16(24)15(10-13-6-4-8-25-11-13)17-20(23(30)31-2)33-19(21(28)27(17)18)14-7-5-9-26-12-14/h4-12,19H,3,24H2,1-2H3. The van der Waals surface area contributed by atoms with Gasteiger partial charge >= 0.3 is 11.9 Å². The first-order valence-corrected chi connectivity index (χ1v) is 10.9. The molecular formula is C23H20N4O5S. The van der Waals surface area contributed by atoms with E-state index in [1.807, 2.05) is 0 Å². The Balaban J connectivity index is 2.11. The van der Waals surface area contributed by atoms with Gasteiger partial charge in [0.1, 0.15) is 10.2 Å². The van der Waals surface area contributed by atoms with Crippen molar-refractivity contribution < 1.29 is 23.9 Å². The number of hydrogen-bond acceptors (Lipinski definition) is 9. The summed E-state index contributed by atoms with van der Waals surface area (Å²) >= 11 is 1.03. The van der Waals surface area contributed by atoms with Gasteiger partial charge in [-0.15, -0.1) is 0 Å². The van der Waals surface area contributed by atoms with Crippen molar-refractivity contribution >= 4 is 46.3 Å². The van der Waals surface area contributed by atoms with Gasteiger partial charge in [-0.05, 0) is 36.3 Å². The Morgan fingerprint density at radius 3 is 2.52 bits per heavy atom. The van der Waals surface area contributed by atoms with E-state index in [-0.39, 0.29) is 28.2 Å². The van der Waals surface area contributed by atoms with Crippen molar-refractivity contribution in [1.29, 1.82) is 0 Å². The summed E-state index contributed by atoms with van der Waals surface area (Å²) in [6.45, 7) is 1.74. The molecule has 0 fully saturated rings. The van der Waals surface area contributed by atoms with E-state index < -0.39 is 23.1 Å². The first kappa shape index (κ1) is 22.3. The fraction of sp³-hybridized carbons (Fsp3) is 0.174. The molecule has 0 saturated heterocycles. The van der Waals surface area contributed by atoms with E-state index >= 15 is 0 Å². The normalized spacial score (nSPS) is 15.8. The van der Waals surface area contributed by atoms with Crippen molar-refractivity contribution in [2.24, 2.45) is 0 Å². The highest BCUT2D eigenvalue weighted by Gasteiger charge is 2.38. The van der Waals surface area contributed by atoms with Gasteiger partial charge in [-0.1, -0.05) is 23.9 Å². The molecule has 1 aliphatic heterocycles. The van der Waals surface area contributed by atoms with Gasteiger partial charge in [0.15, 0.2) is 5.69 Å². The maximum absolute atomic E-state index is 13.7. The SMILES string of the molecule is CCOC(=O)c1c(N)c(=Cc2cccnc2)c2n1C(=O)C(c1cccnc1)SC=2C(=O)OC. The molecule has 168 valence electrons. The molecule has 4 rings (SSSR count). The number of methoxy groups -OCH3 is 1. The van der Waals surface area contributed by atoms with Crippen LogP contribution in [0.25, 0.3) is 11.0 Å². The number of nitrogens with two attached hydrogens (primary N) is 1. The Labute approximate surface area is 192 Å². The summed E-state index contributed by atoms with van der Waals surface area (Å²) in [7, 11) is 1.25. The van der Waals surface area contributed by atoms with Crippen LogP contribution < -0.4 is 16.3 Å². The second-order valence-corrected chi connectivity index (χ2v) is 8.07. The lowest BCUT2D eigenvalue weighted by atomic mass is 10.2. The Kier molecular flexibility index (Phi) is 6.27. The minimum absolute atomic E-state index is 0.0227. The smallest absolute Gasteiger partial charge is 0.357 e. The molecule has 0 saturated carbocycles. The van der Waals surface area contributed by atoms with Crippen molar-refractivity contribution in [2.45, 2.75) is 12.2 Å². The molecule has 2 N–H and O–H groups in total. The Morgan fingerprint density at radius 1 is 1.18 bits per heavy atom. The fourth-order valence-corrected chi connectivity index (χ4v) is 4.76. The summed E-state index contributed by atoms with van der Waals surface area (Å²) in [5.41, 5.74) is 7.53. The van der Waals surface area contributed by atoms with Gasteiger partial charge in [0.05, 0.1) is 24.8 Å². The molecule has 33 heavy (non-hydrogen) atoms. The van der Waals surface area contributed by atoms with Gasteiger partial charge in [0, 0.05) is 30.0 Å². The quantitative estimate of drug-likeness (QED) is 0.556. The minimum Gasteiger partial charge on any atom is -0.465 e. The predicted molar refractivity (Wildman–Crippen MR) is 122 cm³/mol. The molecule has 1 atom stereocenters. The van der Waals surface area contributed by atoms with Gasteiger partial charge in [0.2, 0.25) is 5.91 Å². The second kappa shape index (κ2) is 9.29. The first-order valence-electron chi connectivity index (χ1n) is 10.00. The number of anilines is 1. The number of aromatic nitrogens is 3. The maximum atomic E-state index is 13.7. The number of rotatable bonds is 5. The third-order valence-electron chi connectivity index (χ3n) is 4.97. The van der Waals surface area contributed by atoms with Crippen molar-refractivity contribution in [3.8, 4) is 0 Å². The number of pyridine rings is 2. The number of carbonyl (C=O) groups excluding carboxylic acids is 3. The van der Waals surface area contributed by atoms with Crippen LogP contribution in [0.5, 0.6) is 0 Å². The second-order valence-electron chi connectivity index (χ2n) is 6.95. The van der Waals surface area contributed by atoms with Crippen LogP contribution in [0.4, 0.5) is 5.69 Å². The number of hydrogen-bond donors (Lipinski definition) is 1. The van der Waals surface area contributed by atoms with Crippen LogP contribution in [0.1, 0.15) is 38.6 Å². The van der Waals surface area contributed by atoms with E-state index in [2.05, 4.69) is 9.97 Å². The largest absolute Gasteiger partial charge is 0.465 e. The van der Waals surface area contributed by atoms with Crippen molar-refractivity contribution in [1.82, 2.24) is 14.5 Å². The van der Waals surface area contributed by atoms with E-state index in [1.165, 1.54) is 13.3 Å². The zero-order valence-electron chi connectivity index (χ0n) is 17.8. The van der Waals surface area contributed by atoms with Crippen LogP contribution in [0, 0.1) is 0 Å². The molecular weight excluding hydrogens is 444 g/mol. The highest BCUT2D eigenvalue weighted by molar-refractivity contribution is 8.10. The van der Waals surface area contributed by atoms with Crippen LogP contribution in [0.2, 0.25) is 0 Å². The first-order chi connectivity index (χ1) is 16.0. The van der Waals surface area contributed by atoms with Crippen LogP contribution in [-0.4, -0.2) is 46.1 Å². The lowest BCUT2D eigenvalue weighted by molar-refractivity contribution is -0.133. The molecule has 0 bridgehead atoms. The zero-order valence-corrected chi connectivity index (χ0v) is 18.7. The number of esters is 2. The number of nitrogen functional groups attached to an aromatic ring is 1. The third kappa shape index (κ3) is 4.00. The van der Waals surface area contributed by atoms with Crippen molar-refractivity contribution in [3.63, 3.8) is 0 Å². The highest BCUT2D eigenvalue weighted by Crippen LogP contribution is 2.39. The molecule has 3 aromatic rings. The van der Waals surface area contributed by atoms with E-state index in [0.717, 1.165) is 16.3 Å². The lowest BCUT2D eigenvalue weighted by Crippen LogP contribution is -2.42. The molecule has 0 aromatic carbocycles. The number of fused-ring (bicyclic) bond motifs is 1. The van der Waals surface area contributed by atoms with Gasteiger partial charge in [0.25, 0.3) is 0 Å². The zero-order chi connectivity index (χ0) is 23.5. The van der Waals surface area contributed by atoms with Gasteiger partial charge < -0.3 is 15.2 Å². The van der Waals surface area contributed by atoms with E-state index in [4.69, 9.17) is 15.2 Å². The van der Waals surface area contributed by atoms with E-state index in [0.29, 0.717) is 16.3 Å². The van der Waals surface area contributed by atoms with E-state index in [9.17, 15) is 14.4 Å². The average molecular weight is 465 g/mol.